The van der Waals surface area contributed by atoms with E-state index in [9.17, 15) is 18.0 Å². The average molecular weight is 454 g/mol. The van der Waals surface area contributed by atoms with E-state index in [0.29, 0.717) is 22.7 Å². The summed E-state index contributed by atoms with van der Waals surface area (Å²) in [6.07, 6.45) is 1.67. The van der Waals surface area contributed by atoms with Gasteiger partial charge in [-0.1, -0.05) is 6.07 Å². The van der Waals surface area contributed by atoms with Gasteiger partial charge in [-0.2, -0.15) is 13.2 Å². The zero-order valence-electron chi connectivity index (χ0n) is 17.9. The normalized spacial score (nSPS) is 16.3. The van der Waals surface area contributed by atoms with E-state index in [2.05, 4.69) is 25.7 Å². The van der Waals surface area contributed by atoms with Crippen molar-refractivity contribution in [2.45, 2.75) is 26.1 Å². The van der Waals surface area contributed by atoms with Gasteiger partial charge in [0.25, 0.3) is 0 Å². The Bertz CT molecular complexity index is 1180. The number of hydrogen-bond acceptors (Lipinski definition) is 6. The molecule has 0 radical (unpaired) electrons. The molecule has 0 saturated carbocycles. The van der Waals surface area contributed by atoms with E-state index in [0.717, 1.165) is 23.4 Å². The highest BCUT2D eigenvalue weighted by atomic mass is 19.4. The topological polar surface area (TPSA) is 83.0 Å². The maximum absolute atomic E-state index is 13.1. The van der Waals surface area contributed by atoms with E-state index in [1.807, 2.05) is 25.1 Å². The number of nitrogens with one attached hydrogen (secondary N) is 2. The van der Waals surface area contributed by atoms with Crippen LogP contribution < -0.4 is 10.7 Å². The van der Waals surface area contributed by atoms with Crippen molar-refractivity contribution in [3.05, 3.63) is 78.1 Å². The van der Waals surface area contributed by atoms with Gasteiger partial charge in [0.1, 0.15) is 18.1 Å². The van der Waals surface area contributed by atoms with Crippen molar-refractivity contribution < 1.29 is 18.0 Å². The molecule has 4 rings (SSSR count). The lowest BCUT2D eigenvalue weighted by Gasteiger charge is -2.20. The van der Waals surface area contributed by atoms with Gasteiger partial charge in [0.05, 0.1) is 6.04 Å². The molecule has 4 heterocycles. The van der Waals surface area contributed by atoms with Crippen LogP contribution in [-0.4, -0.2) is 38.5 Å². The summed E-state index contributed by atoms with van der Waals surface area (Å²) in [5.74, 6) is 0.0772. The molecule has 0 aromatic carbocycles. The van der Waals surface area contributed by atoms with E-state index in [1.54, 1.807) is 36.6 Å². The van der Waals surface area contributed by atoms with Crippen LogP contribution in [0.5, 0.6) is 0 Å². The Morgan fingerprint density at radius 1 is 1.09 bits per heavy atom. The average Bonchev–Trinajstić information content (AvgIpc) is 3.07. The Hall–Kier alpha value is -3.79. The molecule has 1 aliphatic rings. The van der Waals surface area contributed by atoms with Crippen LogP contribution in [0.2, 0.25) is 0 Å². The highest BCUT2D eigenvalue weighted by Gasteiger charge is 2.34. The molecule has 0 fully saturated rings. The first-order valence-electron chi connectivity index (χ1n) is 10.2. The maximum Gasteiger partial charge on any atom is 0.433 e. The molecule has 10 heteroatoms. The van der Waals surface area contributed by atoms with E-state index in [-0.39, 0.29) is 18.5 Å². The summed E-state index contributed by atoms with van der Waals surface area (Å²) < 4.78 is 39.2. The molecule has 3 aromatic heterocycles. The number of halogens is 3. The minimum atomic E-state index is -4.53. The third-order valence-corrected chi connectivity index (χ3v) is 5.27. The van der Waals surface area contributed by atoms with Gasteiger partial charge in [-0.3, -0.25) is 14.8 Å². The molecule has 0 bridgehead atoms. The molecule has 1 amide bonds. The van der Waals surface area contributed by atoms with Crippen molar-refractivity contribution in [1.29, 1.82) is 0 Å². The van der Waals surface area contributed by atoms with Gasteiger partial charge in [-0.05, 0) is 55.3 Å². The van der Waals surface area contributed by atoms with Gasteiger partial charge < -0.3 is 10.3 Å². The van der Waals surface area contributed by atoms with Gasteiger partial charge >= 0.3 is 6.18 Å². The Kier molecular flexibility index (Phi) is 6.10. The number of amides is 1. The zero-order valence-corrected chi connectivity index (χ0v) is 17.9. The first-order chi connectivity index (χ1) is 15.7. The van der Waals surface area contributed by atoms with Crippen molar-refractivity contribution in [3.8, 4) is 11.1 Å². The van der Waals surface area contributed by atoms with Crippen LogP contribution >= 0.6 is 0 Å². The number of carbonyl (C=O) groups is 1. The molecule has 2 N–H and O–H groups in total. The standard InChI is InChI=1S/C23H21F3N6O/c1-14-22(16-7-9-28-19(10-16)23(24,25)26)15(2)32(31-14)13-21(33)30-20-6-5-18(12-29-20)17-4-3-8-27-11-17/h3-12,14,31H,13H2,1-2H3,(H,29,30,33). The van der Waals surface area contributed by atoms with Crippen LogP contribution in [0.25, 0.3) is 16.7 Å². The summed E-state index contributed by atoms with van der Waals surface area (Å²) in [7, 11) is 0. The smallest absolute Gasteiger partial charge is 0.309 e. The molecule has 1 aliphatic heterocycles. The number of pyridine rings is 3. The first-order valence-corrected chi connectivity index (χ1v) is 10.2. The second kappa shape index (κ2) is 8.99. The highest BCUT2D eigenvalue weighted by molar-refractivity contribution is 5.92. The van der Waals surface area contributed by atoms with Crippen molar-refractivity contribution >= 4 is 17.3 Å². The molecule has 1 atom stereocenters. The second-order valence-electron chi connectivity index (χ2n) is 7.59. The number of alkyl halides is 3. The van der Waals surface area contributed by atoms with E-state index in [4.69, 9.17) is 0 Å². The second-order valence-corrected chi connectivity index (χ2v) is 7.59. The van der Waals surface area contributed by atoms with Gasteiger partial charge in [0, 0.05) is 41.6 Å². The van der Waals surface area contributed by atoms with E-state index < -0.39 is 11.9 Å². The summed E-state index contributed by atoms with van der Waals surface area (Å²) in [6.45, 7) is 3.54. The summed E-state index contributed by atoms with van der Waals surface area (Å²) in [6, 6.07) is 9.55. The SMILES string of the molecule is CC1=C(c2ccnc(C(F)(F)F)c2)C(C)NN1CC(=O)Nc1ccc(-c2cccnc2)cn1. The van der Waals surface area contributed by atoms with Crippen LogP contribution in [0.1, 0.15) is 25.1 Å². The zero-order chi connectivity index (χ0) is 23.6. The molecule has 0 saturated heterocycles. The maximum atomic E-state index is 13.1. The molecule has 170 valence electrons. The van der Waals surface area contributed by atoms with Crippen LogP contribution in [0.15, 0.2) is 66.9 Å². The molecule has 3 aromatic rings. The third-order valence-electron chi connectivity index (χ3n) is 5.27. The molecule has 0 aliphatic carbocycles. The summed E-state index contributed by atoms with van der Waals surface area (Å²) in [4.78, 5) is 24.3. The number of hydrogen-bond donors (Lipinski definition) is 2. The van der Waals surface area contributed by atoms with Crippen LogP contribution in [0.4, 0.5) is 19.0 Å². The van der Waals surface area contributed by atoms with Gasteiger partial charge in [0.2, 0.25) is 5.91 Å². The Balaban J connectivity index is 1.45. The van der Waals surface area contributed by atoms with E-state index >= 15 is 0 Å². The summed E-state index contributed by atoms with van der Waals surface area (Å²) in [5, 5.41) is 4.36. The lowest BCUT2D eigenvalue weighted by Crippen LogP contribution is -2.40. The van der Waals surface area contributed by atoms with Crippen molar-refractivity contribution in [2.75, 3.05) is 11.9 Å². The fourth-order valence-electron chi connectivity index (χ4n) is 3.73. The molecular formula is C23H21F3N6O. The van der Waals surface area contributed by atoms with Crippen molar-refractivity contribution in [3.63, 3.8) is 0 Å². The van der Waals surface area contributed by atoms with Crippen molar-refractivity contribution in [2.24, 2.45) is 0 Å². The first kappa shape index (κ1) is 22.4. The minimum Gasteiger partial charge on any atom is -0.309 e. The van der Waals surface area contributed by atoms with Crippen LogP contribution in [0, 0.1) is 0 Å². The largest absolute Gasteiger partial charge is 0.433 e. The Labute approximate surface area is 188 Å². The highest BCUT2D eigenvalue weighted by Crippen LogP contribution is 2.33. The number of carbonyl (C=O) groups excluding carboxylic acids is 1. The number of anilines is 1. The monoisotopic (exact) mass is 454 g/mol. The van der Waals surface area contributed by atoms with Crippen molar-refractivity contribution in [1.82, 2.24) is 25.4 Å². The predicted molar refractivity (Wildman–Crippen MR) is 117 cm³/mol. The number of nitrogens with zero attached hydrogens (tertiary/aromatic N) is 4. The van der Waals surface area contributed by atoms with Crippen LogP contribution in [0.3, 0.4) is 0 Å². The quantitative estimate of drug-likeness (QED) is 0.603. The lowest BCUT2D eigenvalue weighted by molar-refractivity contribution is -0.141. The summed E-state index contributed by atoms with van der Waals surface area (Å²) in [5.41, 5.74) is 5.70. The van der Waals surface area contributed by atoms with Gasteiger partial charge in [-0.15, -0.1) is 0 Å². The molecule has 7 nitrogen and oxygen atoms in total. The van der Waals surface area contributed by atoms with Gasteiger partial charge in [-0.25, -0.2) is 10.4 Å². The third kappa shape index (κ3) is 5.01. The number of aromatic nitrogens is 3. The fourth-order valence-corrected chi connectivity index (χ4v) is 3.73. The fraction of sp³-hybridized carbons (Fsp3) is 0.217. The van der Waals surface area contributed by atoms with E-state index in [1.165, 1.54) is 6.07 Å². The van der Waals surface area contributed by atoms with Crippen LogP contribution in [-0.2, 0) is 11.0 Å². The minimum absolute atomic E-state index is 0.0388. The molecule has 33 heavy (non-hydrogen) atoms. The lowest BCUT2D eigenvalue weighted by atomic mass is 9.99. The number of allylic oxidation sites excluding steroid dienone is 1. The van der Waals surface area contributed by atoms with Gasteiger partial charge in [0.15, 0.2) is 0 Å². The predicted octanol–water partition coefficient (Wildman–Crippen LogP) is 4.14. The molecule has 1 unspecified atom stereocenters. The Morgan fingerprint density at radius 2 is 1.88 bits per heavy atom. The summed E-state index contributed by atoms with van der Waals surface area (Å²) >= 11 is 0. The molecule has 0 spiro atoms. The molecular weight excluding hydrogens is 433 g/mol. The number of hydrazine groups is 1. The number of rotatable bonds is 5. The Morgan fingerprint density at radius 3 is 2.55 bits per heavy atom.